The van der Waals surface area contributed by atoms with Crippen LogP contribution in [-0.4, -0.2) is 17.0 Å². The minimum Gasteiger partial charge on any atom is -0.385 e. The van der Waals surface area contributed by atoms with Gasteiger partial charge in [0.25, 0.3) is 0 Å². The number of halogens is 2. The van der Waals surface area contributed by atoms with E-state index < -0.39 is 29.9 Å². The number of aliphatic hydroxyl groups is 1. The van der Waals surface area contributed by atoms with Crippen molar-refractivity contribution in [3.05, 3.63) is 35.4 Å². The van der Waals surface area contributed by atoms with E-state index in [9.17, 15) is 18.7 Å². The maximum atomic E-state index is 13.2. The van der Waals surface area contributed by atoms with E-state index in [1.807, 2.05) is 0 Å². The molecule has 0 spiro atoms. The fourth-order valence-corrected chi connectivity index (χ4v) is 1.35. The van der Waals surface area contributed by atoms with E-state index >= 15 is 0 Å². The number of benzene rings is 1. The van der Waals surface area contributed by atoms with Crippen LogP contribution in [0.5, 0.6) is 0 Å². The lowest BCUT2D eigenvalue weighted by atomic mass is 9.97. The third-order valence-electron chi connectivity index (χ3n) is 2.37. The van der Waals surface area contributed by atoms with Crippen LogP contribution in [0.25, 0.3) is 0 Å². The number of carbonyl (C=O) groups excluding carboxylic acids is 1. The van der Waals surface area contributed by atoms with E-state index in [4.69, 9.17) is 0 Å². The molecular weight excluding hydrogens is 214 g/mol. The van der Waals surface area contributed by atoms with Gasteiger partial charge >= 0.3 is 0 Å². The molecule has 0 aliphatic heterocycles. The number of aliphatic hydroxyl groups excluding tert-OH is 1. The van der Waals surface area contributed by atoms with Gasteiger partial charge < -0.3 is 5.11 Å². The van der Waals surface area contributed by atoms with Crippen LogP contribution in [0, 0.1) is 17.6 Å². The Bertz CT molecular complexity index is 368. The summed E-state index contributed by atoms with van der Waals surface area (Å²) in [5, 5.41) is 9.44. The topological polar surface area (TPSA) is 37.3 Å². The molecule has 0 amide bonds. The van der Waals surface area contributed by atoms with E-state index in [-0.39, 0.29) is 11.5 Å². The van der Waals surface area contributed by atoms with E-state index in [0.29, 0.717) is 0 Å². The van der Waals surface area contributed by atoms with Crippen LogP contribution in [0.3, 0.4) is 0 Å². The second-order valence-electron chi connectivity index (χ2n) is 4.03. The molecule has 1 unspecified atom stereocenters. The van der Waals surface area contributed by atoms with Crippen molar-refractivity contribution < 1.29 is 18.7 Å². The van der Waals surface area contributed by atoms with Crippen molar-refractivity contribution in [1.29, 1.82) is 0 Å². The maximum Gasteiger partial charge on any atom is 0.166 e. The minimum atomic E-state index is -1.18. The number of rotatable bonds is 4. The van der Waals surface area contributed by atoms with Crippen molar-refractivity contribution in [1.82, 2.24) is 0 Å². The molecule has 1 aromatic rings. The van der Waals surface area contributed by atoms with Crippen LogP contribution in [0.1, 0.15) is 19.4 Å². The lowest BCUT2D eigenvalue weighted by Gasteiger charge is -2.13. The van der Waals surface area contributed by atoms with Crippen molar-refractivity contribution >= 4 is 5.78 Å². The first-order valence-electron chi connectivity index (χ1n) is 5.07. The Morgan fingerprint density at radius 1 is 1.31 bits per heavy atom. The summed E-state index contributed by atoms with van der Waals surface area (Å²) in [6.07, 6.45) is -1.60. The van der Waals surface area contributed by atoms with Crippen molar-refractivity contribution in [2.75, 3.05) is 0 Å². The van der Waals surface area contributed by atoms with Gasteiger partial charge in [0.1, 0.15) is 17.7 Å². The van der Waals surface area contributed by atoms with Gasteiger partial charge in [-0.15, -0.1) is 0 Å². The zero-order valence-electron chi connectivity index (χ0n) is 9.21. The van der Waals surface area contributed by atoms with Crippen LogP contribution in [-0.2, 0) is 11.2 Å². The molecule has 0 aliphatic rings. The molecule has 1 aromatic carbocycles. The Morgan fingerprint density at radius 3 is 2.25 bits per heavy atom. The van der Waals surface area contributed by atoms with E-state index in [1.54, 1.807) is 13.8 Å². The second-order valence-corrected chi connectivity index (χ2v) is 4.03. The Morgan fingerprint density at radius 2 is 1.81 bits per heavy atom. The molecule has 1 N–H and O–H groups in total. The summed E-state index contributed by atoms with van der Waals surface area (Å²) < 4.78 is 26.4. The first-order chi connectivity index (χ1) is 7.43. The number of ketones is 1. The average molecular weight is 228 g/mol. The van der Waals surface area contributed by atoms with Crippen LogP contribution in [0.15, 0.2) is 18.2 Å². The zero-order valence-corrected chi connectivity index (χ0v) is 9.21. The predicted octanol–water partition coefficient (Wildman–Crippen LogP) is 2.09. The predicted molar refractivity (Wildman–Crippen MR) is 55.9 cm³/mol. The maximum absolute atomic E-state index is 13.2. The summed E-state index contributed by atoms with van der Waals surface area (Å²) in [5.41, 5.74) is -0.285. The molecule has 0 aromatic heterocycles. The van der Waals surface area contributed by atoms with Crippen molar-refractivity contribution in [2.24, 2.45) is 5.92 Å². The Kier molecular flexibility index (Phi) is 4.12. The highest BCUT2D eigenvalue weighted by molar-refractivity contribution is 5.85. The molecule has 16 heavy (non-hydrogen) atoms. The lowest BCUT2D eigenvalue weighted by molar-refractivity contribution is -0.128. The third kappa shape index (κ3) is 2.85. The van der Waals surface area contributed by atoms with Gasteiger partial charge in [0.15, 0.2) is 5.78 Å². The molecule has 4 heteroatoms. The quantitative estimate of drug-likeness (QED) is 0.856. The van der Waals surface area contributed by atoms with Crippen molar-refractivity contribution in [3.63, 3.8) is 0 Å². The van der Waals surface area contributed by atoms with E-state index in [2.05, 4.69) is 0 Å². The van der Waals surface area contributed by atoms with Gasteiger partial charge in [0.05, 0.1) is 0 Å². The second kappa shape index (κ2) is 5.16. The van der Waals surface area contributed by atoms with Crippen molar-refractivity contribution in [3.8, 4) is 0 Å². The first kappa shape index (κ1) is 12.8. The van der Waals surface area contributed by atoms with Gasteiger partial charge in [-0.05, 0) is 18.1 Å². The summed E-state index contributed by atoms with van der Waals surface area (Å²) >= 11 is 0. The van der Waals surface area contributed by atoms with Crippen LogP contribution in [0.4, 0.5) is 8.78 Å². The van der Waals surface area contributed by atoms with Crippen LogP contribution >= 0.6 is 0 Å². The molecule has 0 saturated heterocycles. The molecule has 0 heterocycles. The molecule has 0 aliphatic carbocycles. The highest BCUT2D eigenvalue weighted by atomic mass is 19.1. The number of hydrogen-bond acceptors (Lipinski definition) is 2. The van der Waals surface area contributed by atoms with Gasteiger partial charge in [-0.2, -0.15) is 0 Å². The molecule has 1 rings (SSSR count). The van der Waals surface area contributed by atoms with Gasteiger partial charge in [0, 0.05) is 12.0 Å². The molecule has 1 atom stereocenters. The molecule has 0 saturated carbocycles. The summed E-state index contributed by atoms with van der Waals surface area (Å²) in [7, 11) is 0. The molecular formula is C12H14F2O2. The fourth-order valence-electron chi connectivity index (χ4n) is 1.35. The normalized spacial score (nSPS) is 12.9. The first-order valence-corrected chi connectivity index (χ1v) is 5.07. The Hall–Kier alpha value is -1.29. The smallest absolute Gasteiger partial charge is 0.166 e. The SMILES string of the molecule is CC(C)C(O)C(=O)Cc1c(F)cccc1F. The van der Waals surface area contributed by atoms with E-state index in [0.717, 1.165) is 12.1 Å². The zero-order chi connectivity index (χ0) is 12.3. The molecule has 0 radical (unpaired) electrons. The third-order valence-corrected chi connectivity index (χ3v) is 2.37. The van der Waals surface area contributed by atoms with Gasteiger partial charge in [-0.25, -0.2) is 8.78 Å². The van der Waals surface area contributed by atoms with Crippen LogP contribution < -0.4 is 0 Å². The van der Waals surface area contributed by atoms with Gasteiger partial charge in [-0.3, -0.25) is 4.79 Å². The monoisotopic (exact) mass is 228 g/mol. The number of hydrogen-bond donors (Lipinski definition) is 1. The van der Waals surface area contributed by atoms with Crippen molar-refractivity contribution in [2.45, 2.75) is 26.4 Å². The van der Waals surface area contributed by atoms with Gasteiger partial charge in [0.2, 0.25) is 0 Å². The average Bonchev–Trinajstić information content (AvgIpc) is 2.22. The van der Waals surface area contributed by atoms with E-state index in [1.165, 1.54) is 6.07 Å². The highest BCUT2D eigenvalue weighted by Crippen LogP contribution is 2.15. The highest BCUT2D eigenvalue weighted by Gasteiger charge is 2.21. The molecule has 2 nitrogen and oxygen atoms in total. The molecule has 0 fully saturated rings. The Balaban J connectivity index is 2.85. The standard InChI is InChI=1S/C12H14F2O2/c1-7(2)12(16)11(15)6-8-9(13)4-3-5-10(8)14/h3-5,7,12,16H,6H2,1-2H3. The molecule has 0 bridgehead atoms. The summed E-state index contributed by atoms with van der Waals surface area (Å²) in [5.74, 6) is -2.35. The summed E-state index contributed by atoms with van der Waals surface area (Å²) in [6, 6.07) is 3.42. The molecule has 88 valence electrons. The number of Topliss-reactive ketones (excluding diaryl/α,β-unsaturated/α-hetero) is 1. The number of carbonyl (C=O) groups is 1. The Labute approximate surface area is 92.9 Å². The minimum absolute atomic E-state index is 0.262. The summed E-state index contributed by atoms with van der Waals surface area (Å²) in [4.78, 5) is 11.5. The van der Waals surface area contributed by atoms with Gasteiger partial charge in [-0.1, -0.05) is 19.9 Å². The lowest BCUT2D eigenvalue weighted by Crippen LogP contribution is -2.28. The fraction of sp³-hybridized carbons (Fsp3) is 0.417. The van der Waals surface area contributed by atoms with Crippen LogP contribution in [0.2, 0.25) is 0 Å². The summed E-state index contributed by atoms with van der Waals surface area (Å²) in [6.45, 7) is 3.33. The largest absolute Gasteiger partial charge is 0.385 e.